The van der Waals surface area contributed by atoms with Gasteiger partial charge < -0.3 is 10.1 Å². The zero-order valence-electron chi connectivity index (χ0n) is 9.51. The van der Waals surface area contributed by atoms with Gasteiger partial charge in [-0.25, -0.2) is 0 Å². The summed E-state index contributed by atoms with van der Waals surface area (Å²) in [4.78, 5) is 0. The highest BCUT2D eigenvalue weighted by atomic mass is 16.5. The van der Waals surface area contributed by atoms with Crippen LogP contribution in [0, 0.1) is 5.92 Å². The van der Waals surface area contributed by atoms with Crippen LogP contribution in [0.1, 0.15) is 33.1 Å². The van der Waals surface area contributed by atoms with Gasteiger partial charge in [0.05, 0.1) is 0 Å². The molecule has 0 saturated carbocycles. The fourth-order valence-electron chi connectivity index (χ4n) is 2.12. The van der Waals surface area contributed by atoms with Crippen LogP contribution in [0.15, 0.2) is 12.2 Å². The highest BCUT2D eigenvalue weighted by Crippen LogP contribution is 2.20. The smallest absolute Gasteiger partial charge is 0.0495 e. The summed E-state index contributed by atoms with van der Waals surface area (Å²) in [5.74, 6) is 0.762. The normalized spacial score (nSPS) is 23.7. The van der Waals surface area contributed by atoms with E-state index in [1.54, 1.807) is 0 Å². The Balaban J connectivity index is 2.29. The Labute approximate surface area is 87.7 Å². The molecule has 0 aromatic heterocycles. The summed E-state index contributed by atoms with van der Waals surface area (Å²) in [5, 5.41) is 3.52. The van der Waals surface area contributed by atoms with Crippen molar-refractivity contribution in [2.75, 3.05) is 19.8 Å². The van der Waals surface area contributed by atoms with Crippen molar-refractivity contribution in [2.45, 2.75) is 39.2 Å². The molecule has 1 N–H and O–H groups in total. The van der Waals surface area contributed by atoms with Crippen molar-refractivity contribution >= 4 is 0 Å². The zero-order chi connectivity index (χ0) is 10.4. The van der Waals surface area contributed by atoms with Crippen molar-refractivity contribution in [3.8, 4) is 0 Å². The SMILES string of the molecule is C=C(C)CC(CC1CCOC1)NCC. The molecule has 1 rings (SSSR count). The van der Waals surface area contributed by atoms with E-state index in [4.69, 9.17) is 4.74 Å². The zero-order valence-corrected chi connectivity index (χ0v) is 9.51. The molecule has 1 fully saturated rings. The van der Waals surface area contributed by atoms with Crippen LogP contribution in [0.3, 0.4) is 0 Å². The van der Waals surface area contributed by atoms with Crippen LogP contribution in [0.25, 0.3) is 0 Å². The summed E-state index contributed by atoms with van der Waals surface area (Å²) >= 11 is 0. The van der Waals surface area contributed by atoms with E-state index in [2.05, 4.69) is 25.7 Å². The van der Waals surface area contributed by atoms with Crippen LogP contribution in [0.5, 0.6) is 0 Å². The predicted octanol–water partition coefficient (Wildman–Crippen LogP) is 2.36. The van der Waals surface area contributed by atoms with Crippen molar-refractivity contribution < 1.29 is 4.74 Å². The molecule has 0 bridgehead atoms. The van der Waals surface area contributed by atoms with E-state index < -0.39 is 0 Å². The van der Waals surface area contributed by atoms with Gasteiger partial charge in [0.2, 0.25) is 0 Å². The Morgan fingerprint density at radius 2 is 2.43 bits per heavy atom. The average Bonchev–Trinajstić information content (AvgIpc) is 2.56. The van der Waals surface area contributed by atoms with Gasteiger partial charge in [-0.15, -0.1) is 6.58 Å². The molecule has 2 unspecified atom stereocenters. The summed E-state index contributed by atoms with van der Waals surface area (Å²) < 4.78 is 5.39. The molecule has 0 spiro atoms. The third-order valence-corrected chi connectivity index (χ3v) is 2.73. The van der Waals surface area contributed by atoms with Crippen LogP contribution in [-0.4, -0.2) is 25.8 Å². The minimum absolute atomic E-state index is 0.601. The lowest BCUT2D eigenvalue weighted by atomic mass is 9.95. The predicted molar refractivity (Wildman–Crippen MR) is 60.4 cm³/mol. The lowest BCUT2D eigenvalue weighted by Gasteiger charge is -2.20. The van der Waals surface area contributed by atoms with E-state index in [0.29, 0.717) is 6.04 Å². The fourth-order valence-corrected chi connectivity index (χ4v) is 2.12. The molecule has 2 heteroatoms. The van der Waals surface area contributed by atoms with Gasteiger partial charge in [-0.2, -0.15) is 0 Å². The topological polar surface area (TPSA) is 21.3 Å². The molecule has 0 radical (unpaired) electrons. The molecule has 1 aliphatic heterocycles. The standard InChI is InChI=1S/C12H23NO/c1-4-13-12(7-10(2)3)8-11-5-6-14-9-11/h11-13H,2,4-9H2,1,3H3. The fraction of sp³-hybridized carbons (Fsp3) is 0.833. The maximum Gasteiger partial charge on any atom is 0.0495 e. The Morgan fingerprint density at radius 3 is 2.93 bits per heavy atom. The van der Waals surface area contributed by atoms with Gasteiger partial charge >= 0.3 is 0 Å². The quantitative estimate of drug-likeness (QED) is 0.660. The third kappa shape index (κ3) is 4.25. The second-order valence-electron chi connectivity index (χ2n) is 4.38. The van der Waals surface area contributed by atoms with Crippen molar-refractivity contribution in [3.05, 3.63) is 12.2 Å². The summed E-state index contributed by atoms with van der Waals surface area (Å²) in [6.07, 6.45) is 3.57. The molecule has 82 valence electrons. The van der Waals surface area contributed by atoms with Crippen molar-refractivity contribution in [3.63, 3.8) is 0 Å². The Bertz CT molecular complexity index is 173. The second-order valence-corrected chi connectivity index (χ2v) is 4.38. The second kappa shape index (κ2) is 6.20. The molecule has 14 heavy (non-hydrogen) atoms. The van der Waals surface area contributed by atoms with Gasteiger partial charge in [0.1, 0.15) is 0 Å². The van der Waals surface area contributed by atoms with E-state index in [9.17, 15) is 0 Å². The molecule has 1 saturated heterocycles. The summed E-state index contributed by atoms with van der Waals surface area (Å²) in [6.45, 7) is 11.2. The molecule has 0 aliphatic carbocycles. The van der Waals surface area contributed by atoms with Crippen LogP contribution in [-0.2, 0) is 4.74 Å². The van der Waals surface area contributed by atoms with Gasteiger partial charge in [0.25, 0.3) is 0 Å². The van der Waals surface area contributed by atoms with Gasteiger partial charge in [-0.3, -0.25) is 0 Å². The van der Waals surface area contributed by atoms with Gasteiger partial charge in [0.15, 0.2) is 0 Å². The number of hydrogen-bond acceptors (Lipinski definition) is 2. The highest BCUT2D eigenvalue weighted by molar-refractivity contribution is 4.93. The summed E-state index contributed by atoms with van der Waals surface area (Å²) in [6, 6.07) is 0.601. The van der Waals surface area contributed by atoms with Crippen LogP contribution in [0.4, 0.5) is 0 Å². The van der Waals surface area contributed by atoms with Crippen molar-refractivity contribution in [2.24, 2.45) is 5.92 Å². The van der Waals surface area contributed by atoms with Gasteiger partial charge in [-0.1, -0.05) is 12.5 Å². The number of nitrogens with one attached hydrogen (secondary N) is 1. The van der Waals surface area contributed by atoms with Crippen LogP contribution in [0.2, 0.25) is 0 Å². The Hall–Kier alpha value is -0.340. The first-order valence-electron chi connectivity index (χ1n) is 5.68. The van der Waals surface area contributed by atoms with Gasteiger partial charge in [0, 0.05) is 19.3 Å². The number of hydrogen-bond donors (Lipinski definition) is 1. The van der Waals surface area contributed by atoms with E-state index >= 15 is 0 Å². The maximum absolute atomic E-state index is 5.39. The monoisotopic (exact) mass is 197 g/mol. The first-order valence-corrected chi connectivity index (χ1v) is 5.68. The molecule has 2 atom stereocenters. The Kier molecular flexibility index (Phi) is 5.20. The Morgan fingerprint density at radius 1 is 1.64 bits per heavy atom. The van der Waals surface area contributed by atoms with Crippen molar-refractivity contribution in [1.29, 1.82) is 0 Å². The number of ether oxygens (including phenoxy) is 1. The summed E-state index contributed by atoms with van der Waals surface area (Å²) in [7, 11) is 0. The largest absolute Gasteiger partial charge is 0.381 e. The average molecular weight is 197 g/mol. The molecular formula is C12H23NO. The van der Waals surface area contributed by atoms with E-state index in [0.717, 1.165) is 32.1 Å². The first kappa shape index (κ1) is 11.7. The van der Waals surface area contributed by atoms with E-state index in [-0.39, 0.29) is 0 Å². The molecule has 0 aromatic carbocycles. The van der Waals surface area contributed by atoms with E-state index in [1.807, 2.05) is 0 Å². The minimum atomic E-state index is 0.601. The minimum Gasteiger partial charge on any atom is -0.381 e. The highest BCUT2D eigenvalue weighted by Gasteiger charge is 2.20. The van der Waals surface area contributed by atoms with Crippen LogP contribution >= 0.6 is 0 Å². The molecule has 1 aliphatic rings. The van der Waals surface area contributed by atoms with Crippen molar-refractivity contribution in [1.82, 2.24) is 5.32 Å². The molecule has 0 aromatic rings. The molecule has 1 heterocycles. The molecule has 2 nitrogen and oxygen atoms in total. The third-order valence-electron chi connectivity index (χ3n) is 2.73. The van der Waals surface area contributed by atoms with Crippen LogP contribution < -0.4 is 5.32 Å². The first-order chi connectivity index (χ1) is 6.72. The van der Waals surface area contributed by atoms with Gasteiger partial charge in [-0.05, 0) is 38.6 Å². The lowest BCUT2D eigenvalue weighted by Crippen LogP contribution is -2.31. The molecule has 0 amide bonds. The lowest BCUT2D eigenvalue weighted by molar-refractivity contribution is 0.181. The number of rotatable bonds is 6. The molecular weight excluding hydrogens is 174 g/mol. The van der Waals surface area contributed by atoms with E-state index in [1.165, 1.54) is 18.4 Å². The summed E-state index contributed by atoms with van der Waals surface area (Å²) in [5.41, 5.74) is 1.27. The maximum atomic E-state index is 5.39.